The molecule has 23 heavy (non-hydrogen) atoms. The van der Waals surface area contributed by atoms with Crippen LogP contribution in [0.2, 0.25) is 0 Å². The molecule has 120 valence electrons. The Hall–Kier alpha value is -2.90. The van der Waals surface area contributed by atoms with E-state index in [1.165, 1.54) is 0 Å². The molecule has 2 saturated heterocycles. The molecule has 2 aliphatic heterocycles. The topological polar surface area (TPSA) is 96.0 Å². The molecule has 2 unspecified atom stereocenters. The molecule has 0 saturated carbocycles. The molecule has 2 fully saturated rings. The number of carbonyl (C=O) groups is 4. The first kappa shape index (κ1) is 15.0. The molecule has 1 N–H and O–H groups in total. The third-order valence-corrected chi connectivity index (χ3v) is 4.02. The van der Waals surface area contributed by atoms with Crippen LogP contribution in [0.3, 0.4) is 0 Å². The highest BCUT2D eigenvalue weighted by molar-refractivity contribution is 6.33. The first-order chi connectivity index (χ1) is 11.0. The van der Waals surface area contributed by atoms with Gasteiger partial charge in [-0.3, -0.25) is 9.59 Å². The van der Waals surface area contributed by atoms with Crippen LogP contribution in [0.15, 0.2) is 30.3 Å². The summed E-state index contributed by atoms with van der Waals surface area (Å²) in [6.07, 6.45) is 0.410. The average molecular weight is 317 g/mol. The lowest BCUT2D eigenvalue weighted by Crippen LogP contribution is -2.65. The number of benzene rings is 1. The van der Waals surface area contributed by atoms with Crippen LogP contribution < -0.4 is 10.2 Å². The van der Waals surface area contributed by atoms with Gasteiger partial charge in [0.05, 0.1) is 18.8 Å². The molecular formula is C15H15N3O5. The second-order valence-electron chi connectivity index (χ2n) is 5.29. The number of para-hydroxylation sites is 1. The van der Waals surface area contributed by atoms with Crippen LogP contribution >= 0.6 is 0 Å². The van der Waals surface area contributed by atoms with Gasteiger partial charge < -0.3 is 15.0 Å². The number of likely N-dealkylation sites (tertiary alicyclic amines) is 1. The minimum atomic E-state index is -1.03. The summed E-state index contributed by atoms with van der Waals surface area (Å²) in [5.41, 5.74) is 0.408. The number of anilines is 1. The van der Waals surface area contributed by atoms with Crippen molar-refractivity contribution in [3.63, 3.8) is 0 Å². The molecule has 0 aliphatic carbocycles. The van der Waals surface area contributed by atoms with Crippen molar-refractivity contribution in [1.29, 1.82) is 0 Å². The predicted octanol–water partition coefficient (Wildman–Crippen LogP) is -0.115. The Labute approximate surface area is 132 Å². The fourth-order valence-electron chi connectivity index (χ4n) is 2.96. The lowest BCUT2D eigenvalue weighted by molar-refractivity contribution is -0.159. The van der Waals surface area contributed by atoms with E-state index >= 15 is 0 Å². The molecule has 0 bridgehead atoms. The van der Waals surface area contributed by atoms with Crippen molar-refractivity contribution < 1.29 is 23.9 Å². The van der Waals surface area contributed by atoms with Gasteiger partial charge in [-0.05, 0) is 18.6 Å². The number of rotatable bonds is 1. The van der Waals surface area contributed by atoms with Crippen molar-refractivity contribution >= 4 is 29.5 Å². The van der Waals surface area contributed by atoms with Gasteiger partial charge in [0.15, 0.2) is 0 Å². The van der Waals surface area contributed by atoms with E-state index in [-0.39, 0.29) is 6.54 Å². The molecule has 3 rings (SSSR count). The summed E-state index contributed by atoms with van der Waals surface area (Å²) in [4.78, 5) is 50.7. The zero-order valence-electron chi connectivity index (χ0n) is 12.4. The van der Waals surface area contributed by atoms with Crippen molar-refractivity contribution in [1.82, 2.24) is 10.2 Å². The summed E-state index contributed by atoms with van der Waals surface area (Å²) >= 11 is 0. The van der Waals surface area contributed by atoms with Crippen LogP contribution in [0.4, 0.5) is 10.5 Å². The van der Waals surface area contributed by atoms with E-state index in [4.69, 9.17) is 0 Å². The van der Waals surface area contributed by atoms with Gasteiger partial charge in [-0.15, -0.1) is 0 Å². The maximum Gasteiger partial charge on any atom is 0.396 e. The number of esters is 1. The first-order valence-electron chi connectivity index (χ1n) is 7.13. The summed E-state index contributed by atoms with van der Waals surface area (Å²) in [6, 6.07) is 6.49. The second kappa shape index (κ2) is 5.71. The number of ether oxygens (including phenoxy) is 1. The SMILES string of the molecule is COC(=O)C(=O)N1CCC2NC(=O)N(c3ccccc3)C(=O)C21. The Kier molecular flexibility index (Phi) is 3.73. The van der Waals surface area contributed by atoms with Gasteiger partial charge in [-0.1, -0.05) is 18.2 Å². The second-order valence-corrected chi connectivity index (χ2v) is 5.29. The van der Waals surface area contributed by atoms with Gasteiger partial charge in [-0.25, -0.2) is 14.5 Å². The Balaban J connectivity index is 1.91. The summed E-state index contributed by atoms with van der Waals surface area (Å²) in [5, 5.41) is 2.72. The third-order valence-electron chi connectivity index (χ3n) is 4.02. The normalized spacial score (nSPS) is 23.3. The number of nitrogens with one attached hydrogen (secondary N) is 1. The Morgan fingerprint density at radius 1 is 1.22 bits per heavy atom. The van der Waals surface area contributed by atoms with Crippen LogP contribution in [0.1, 0.15) is 6.42 Å². The number of nitrogens with zero attached hydrogens (tertiary/aromatic N) is 2. The number of hydrogen-bond acceptors (Lipinski definition) is 5. The Bertz CT molecular complexity index is 675. The number of amides is 4. The van der Waals surface area contributed by atoms with E-state index < -0.39 is 35.9 Å². The minimum Gasteiger partial charge on any atom is -0.462 e. The smallest absolute Gasteiger partial charge is 0.396 e. The lowest BCUT2D eigenvalue weighted by atomic mass is 10.0. The molecule has 2 heterocycles. The number of urea groups is 1. The average Bonchev–Trinajstić information content (AvgIpc) is 2.98. The Morgan fingerprint density at radius 2 is 1.91 bits per heavy atom. The number of imide groups is 1. The van der Waals surface area contributed by atoms with E-state index in [1.54, 1.807) is 30.3 Å². The van der Waals surface area contributed by atoms with E-state index in [2.05, 4.69) is 10.1 Å². The Morgan fingerprint density at radius 3 is 2.57 bits per heavy atom. The molecular weight excluding hydrogens is 302 g/mol. The zero-order chi connectivity index (χ0) is 16.6. The molecule has 2 aliphatic rings. The predicted molar refractivity (Wildman–Crippen MR) is 78.4 cm³/mol. The van der Waals surface area contributed by atoms with Crippen molar-refractivity contribution in [2.24, 2.45) is 0 Å². The summed E-state index contributed by atoms with van der Waals surface area (Å²) in [6.45, 7) is 0.206. The molecule has 1 aromatic carbocycles. The molecule has 0 spiro atoms. The third kappa shape index (κ3) is 2.41. The summed E-state index contributed by atoms with van der Waals surface area (Å²) in [7, 11) is 1.11. The van der Waals surface area contributed by atoms with E-state index in [9.17, 15) is 19.2 Å². The molecule has 2 atom stereocenters. The number of carbonyl (C=O) groups excluding carboxylic acids is 4. The maximum absolute atomic E-state index is 12.8. The lowest BCUT2D eigenvalue weighted by Gasteiger charge is -2.36. The fraction of sp³-hybridized carbons (Fsp3) is 0.333. The monoisotopic (exact) mass is 317 g/mol. The van der Waals surface area contributed by atoms with E-state index in [0.717, 1.165) is 16.9 Å². The van der Waals surface area contributed by atoms with Crippen LogP contribution in [0.5, 0.6) is 0 Å². The highest BCUT2D eigenvalue weighted by atomic mass is 16.5. The van der Waals surface area contributed by atoms with Gasteiger partial charge in [0.1, 0.15) is 6.04 Å². The number of fused-ring (bicyclic) bond motifs is 1. The number of methoxy groups -OCH3 is 1. The van der Waals surface area contributed by atoms with Gasteiger partial charge in [-0.2, -0.15) is 0 Å². The molecule has 0 aromatic heterocycles. The largest absolute Gasteiger partial charge is 0.462 e. The van der Waals surface area contributed by atoms with Crippen molar-refractivity contribution in [2.75, 3.05) is 18.6 Å². The summed E-state index contributed by atoms with van der Waals surface area (Å²) in [5.74, 6) is -2.43. The standard InChI is InChI=1S/C15H15N3O5/c1-23-14(21)13(20)17-8-7-10-11(17)12(19)18(15(22)16-10)9-5-3-2-4-6-9/h2-6,10-11H,7-8H2,1H3,(H,16,22). The van der Waals surface area contributed by atoms with Crippen LogP contribution in [0, 0.1) is 0 Å². The van der Waals surface area contributed by atoms with Crippen molar-refractivity contribution in [3.8, 4) is 0 Å². The molecule has 4 amide bonds. The van der Waals surface area contributed by atoms with Crippen LogP contribution in [0.25, 0.3) is 0 Å². The van der Waals surface area contributed by atoms with Gasteiger partial charge in [0.25, 0.3) is 5.91 Å². The minimum absolute atomic E-state index is 0.206. The van der Waals surface area contributed by atoms with Gasteiger partial charge in [0.2, 0.25) is 0 Å². The first-order valence-corrected chi connectivity index (χ1v) is 7.13. The fourth-order valence-corrected chi connectivity index (χ4v) is 2.96. The molecule has 8 heteroatoms. The molecule has 1 aromatic rings. The van der Waals surface area contributed by atoms with Crippen LogP contribution in [-0.4, -0.2) is 54.5 Å². The molecule has 8 nitrogen and oxygen atoms in total. The van der Waals surface area contributed by atoms with Crippen LogP contribution in [-0.2, 0) is 19.1 Å². The quantitative estimate of drug-likeness (QED) is 0.576. The highest BCUT2D eigenvalue weighted by Crippen LogP contribution is 2.27. The van der Waals surface area contributed by atoms with Crippen molar-refractivity contribution in [2.45, 2.75) is 18.5 Å². The van der Waals surface area contributed by atoms with Gasteiger partial charge >= 0.3 is 17.9 Å². The van der Waals surface area contributed by atoms with E-state index in [1.807, 2.05) is 0 Å². The molecule has 0 radical (unpaired) electrons. The zero-order valence-corrected chi connectivity index (χ0v) is 12.4. The highest BCUT2D eigenvalue weighted by Gasteiger charge is 2.51. The summed E-state index contributed by atoms with van der Waals surface area (Å²) < 4.78 is 4.43. The van der Waals surface area contributed by atoms with E-state index in [0.29, 0.717) is 12.1 Å². The maximum atomic E-state index is 12.8. The number of hydrogen-bond donors (Lipinski definition) is 1. The van der Waals surface area contributed by atoms with Gasteiger partial charge in [0, 0.05) is 6.54 Å². The van der Waals surface area contributed by atoms with Crippen molar-refractivity contribution in [3.05, 3.63) is 30.3 Å².